The number of nitrogens with one attached hydrogen (secondary N) is 2. The molecule has 1 aliphatic heterocycles. The molecule has 1 heterocycles. The molecule has 0 unspecified atom stereocenters. The largest absolute Gasteiger partial charge is 0.317 e. The Bertz CT molecular complexity index is 788. The van der Waals surface area contributed by atoms with E-state index in [1.165, 1.54) is 17.3 Å². The second-order valence-electron chi connectivity index (χ2n) is 5.61. The normalized spacial score (nSPS) is 17.8. The van der Waals surface area contributed by atoms with Gasteiger partial charge in [0.05, 0.1) is 16.3 Å². The summed E-state index contributed by atoms with van der Waals surface area (Å²) in [7, 11) is -5.59. The quantitative estimate of drug-likeness (QED) is 0.768. The predicted molar refractivity (Wildman–Crippen MR) is 90.3 cm³/mol. The first-order valence-corrected chi connectivity index (χ1v) is 10.8. The van der Waals surface area contributed by atoms with E-state index in [-0.39, 0.29) is 22.4 Å². The Morgan fingerprint density at radius 1 is 1.21 bits per heavy atom. The molecule has 24 heavy (non-hydrogen) atoms. The van der Waals surface area contributed by atoms with E-state index in [2.05, 4.69) is 10.0 Å². The summed E-state index contributed by atoms with van der Waals surface area (Å²) in [6.07, 6.45) is 1.37. The molecule has 0 saturated carbocycles. The van der Waals surface area contributed by atoms with Crippen molar-refractivity contribution in [2.75, 3.05) is 30.6 Å². The van der Waals surface area contributed by atoms with E-state index in [0.717, 1.165) is 12.1 Å². The van der Waals surface area contributed by atoms with Crippen LogP contribution in [0.1, 0.15) is 19.8 Å². The van der Waals surface area contributed by atoms with E-state index >= 15 is 0 Å². The van der Waals surface area contributed by atoms with Crippen molar-refractivity contribution in [2.24, 2.45) is 0 Å². The molecule has 1 aromatic rings. The molecule has 1 aromatic carbocycles. The first-order valence-electron chi connectivity index (χ1n) is 7.67. The first kappa shape index (κ1) is 19.1. The Labute approximate surface area is 142 Å². The van der Waals surface area contributed by atoms with Gasteiger partial charge in [-0.05, 0) is 45.0 Å². The number of anilines is 1. The van der Waals surface area contributed by atoms with Gasteiger partial charge in [0.1, 0.15) is 5.82 Å². The maximum Gasteiger partial charge on any atom is 0.243 e. The van der Waals surface area contributed by atoms with Crippen LogP contribution >= 0.6 is 0 Å². The van der Waals surface area contributed by atoms with E-state index in [0.29, 0.717) is 25.9 Å². The molecule has 1 saturated heterocycles. The van der Waals surface area contributed by atoms with Crippen LogP contribution in [0.4, 0.5) is 10.1 Å². The molecule has 7 nitrogen and oxygen atoms in total. The van der Waals surface area contributed by atoms with Crippen molar-refractivity contribution >= 4 is 25.7 Å². The van der Waals surface area contributed by atoms with Gasteiger partial charge >= 0.3 is 0 Å². The topological polar surface area (TPSA) is 95.6 Å². The molecule has 1 fully saturated rings. The fourth-order valence-electron chi connectivity index (χ4n) is 2.51. The van der Waals surface area contributed by atoms with Crippen LogP contribution < -0.4 is 10.0 Å². The van der Waals surface area contributed by atoms with Crippen LogP contribution in [0.2, 0.25) is 0 Å². The highest BCUT2D eigenvalue weighted by molar-refractivity contribution is 7.92. The van der Waals surface area contributed by atoms with Crippen molar-refractivity contribution in [1.29, 1.82) is 0 Å². The monoisotopic (exact) mass is 379 g/mol. The van der Waals surface area contributed by atoms with Gasteiger partial charge in [0.2, 0.25) is 20.0 Å². The Morgan fingerprint density at radius 3 is 2.33 bits per heavy atom. The third kappa shape index (κ3) is 4.24. The standard InChI is InChI=1S/C14H22FN3O4S2/c1-3-23(19,20)17-14-5-4-12(10-13(14)15)24(21,22)18-8-6-11(16-2)7-9-18/h4-5,10-11,16-17H,3,6-9H2,1-2H3. The number of piperidine rings is 1. The minimum absolute atomic E-state index is 0.178. The third-order valence-corrected chi connectivity index (χ3v) is 7.27. The molecule has 136 valence electrons. The van der Waals surface area contributed by atoms with E-state index in [1.807, 2.05) is 7.05 Å². The third-order valence-electron chi connectivity index (χ3n) is 4.09. The lowest BCUT2D eigenvalue weighted by Crippen LogP contribution is -2.43. The second-order valence-corrected chi connectivity index (χ2v) is 9.56. The van der Waals surface area contributed by atoms with Gasteiger partial charge in [-0.1, -0.05) is 0 Å². The van der Waals surface area contributed by atoms with Crippen molar-refractivity contribution < 1.29 is 21.2 Å². The molecule has 0 spiro atoms. The van der Waals surface area contributed by atoms with Crippen LogP contribution in [0.15, 0.2) is 23.1 Å². The van der Waals surface area contributed by atoms with Crippen molar-refractivity contribution in [2.45, 2.75) is 30.7 Å². The highest BCUT2D eigenvalue weighted by Gasteiger charge is 2.29. The van der Waals surface area contributed by atoms with Crippen LogP contribution in [-0.4, -0.2) is 53.1 Å². The highest BCUT2D eigenvalue weighted by Crippen LogP contribution is 2.24. The lowest BCUT2D eigenvalue weighted by atomic mass is 10.1. The average Bonchev–Trinajstić information content (AvgIpc) is 2.56. The molecular weight excluding hydrogens is 357 g/mol. The fraction of sp³-hybridized carbons (Fsp3) is 0.571. The fourth-order valence-corrected chi connectivity index (χ4v) is 4.64. The van der Waals surface area contributed by atoms with Crippen LogP contribution in [0, 0.1) is 5.82 Å². The number of hydrogen-bond acceptors (Lipinski definition) is 5. The summed E-state index contributed by atoms with van der Waals surface area (Å²) in [5.41, 5.74) is -0.260. The number of rotatable bonds is 6. The molecule has 2 rings (SSSR count). The van der Waals surface area contributed by atoms with Crippen LogP contribution in [-0.2, 0) is 20.0 Å². The lowest BCUT2D eigenvalue weighted by molar-refractivity contribution is 0.298. The van der Waals surface area contributed by atoms with Gasteiger partial charge in [-0.25, -0.2) is 21.2 Å². The van der Waals surface area contributed by atoms with Crippen LogP contribution in [0.25, 0.3) is 0 Å². The van der Waals surface area contributed by atoms with E-state index in [1.54, 1.807) is 0 Å². The van der Waals surface area contributed by atoms with Crippen molar-refractivity contribution in [3.8, 4) is 0 Å². The van der Waals surface area contributed by atoms with Gasteiger partial charge in [-0.2, -0.15) is 4.31 Å². The molecular formula is C14H22FN3O4S2. The number of hydrogen-bond donors (Lipinski definition) is 2. The average molecular weight is 379 g/mol. The zero-order chi connectivity index (χ0) is 18.0. The van der Waals surface area contributed by atoms with E-state index in [4.69, 9.17) is 0 Å². The maximum atomic E-state index is 14.1. The minimum atomic E-state index is -3.79. The van der Waals surface area contributed by atoms with Crippen LogP contribution in [0.3, 0.4) is 0 Å². The summed E-state index contributed by atoms with van der Waals surface area (Å²) in [5, 5.41) is 3.11. The molecule has 0 aliphatic carbocycles. The molecule has 0 aromatic heterocycles. The van der Waals surface area contributed by atoms with Gasteiger partial charge in [0.15, 0.2) is 0 Å². The number of nitrogens with zero attached hydrogens (tertiary/aromatic N) is 1. The Balaban J connectivity index is 2.21. The van der Waals surface area contributed by atoms with Gasteiger partial charge in [0.25, 0.3) is 0 Å². The molecule has 0 bridgehead atoms. The second kappa shape index (κ2) is 7.34. The summed E-state index contributed by atoms with van der Waals surface area (Å²) in [6, 6.07) is 3.48. The number of halogens is 1. The Kier molecular flexibility index (Phi) is 5.84. The van der Waals surface area contributed by atoms with E-state index in [9.17, 15) is 21.2 Å². The molecule has 0 radical (unpaired) electrons. The molecule has 2 N–H and O–H groups in total. The molecule has 0 atom stereocenters. The van der Waals surface area contributed by atoms with Gasteiger partial charge in [-0.15, -0.1) is 0 Å². The summed E-state index contributed by atoms with van der Waals surface area (Å²) in [4.78, 5) is -0.178. The number of sulfonamides is 2. The Hall–Kier alpha value is -1.23. The highest BCUT2D eigenvalue weighted by atomic mass is 32.2. The number of benzene rings is 1. The molecule has 10 heteroatoms. The zero-order valence-corrected chi connectivity index (χ0v) is 15.3. The summed E-state index contributed by atoms with van der Waals surface area (Å²) >= 11 is 0. The van der Waals surface area contributed by atoms with E-state index < -0.39 is 25.9 Å². The van der Waals surface area contributed by atoms with Gasteiger partial charge in [0, 0.05) is 19.1 Å². The van der Waals surface area contributed by atoms with Crippen molar-refractivity contribution in [1.82, 2.24) is 9.62 Å². The molecule has 1 aliphatic rings. The lowest BCUT2D eigenvalue weighted by Gasteiger charge is -2.31. The predicted octanol–water partition coefficient (Wildman–Crippen LogP) is 0.960. The SMILES string of the molecule is CCS(=O)(=O)Nc1ccc(S(=O)(=O)N2CCC(NC)CC2)cc1F. The van der Waals surface area contributed by atoms with Gasteiger partial charge < -0.3 is 5.32 Å². The Morgan fingerprint density at radius 2 is 1.83 bits per heavy atom. The summed E-state index contributed by atoms with van der Waals surface area (Å²) < 4.78 is 65.7. The molecule has 0 amide bonds. The van der Waals surface area contributed by atoms with Crippen LogP contribution in [0.5, 0.6) is 0 Å². The zero-order valence-electron chi connectivity index (χ0n) is 13.6. The summed E-state index contributed by atoms with van der Waals surface area (Å²) in [6.45, 7) is 2.15. The smallest absolute Gasteiger partial charge is 0.243 e. The first-order chi connectivity index (χ1) is 11.2. The summed E-state index contributed by atoms with van der Waals surface area (Å²) in [5.74, 6) is -1.12. The minimum Gasteiger partial charge on any atom is -0.317 e. The maximum absolute atomic E-state index is 14.1. The van der Waals surface area contributed by atoms with Crippen molar-refractivity contribution in [3.63, 3.8) is 0 Å². The van der Waals surface area contributed by atoms with Crippen molar-refractivity contribution in [3.05, 3.63) is 24.0 Å². The van der Waals surface area contributed by atoms with Gasteiger partial charge in [-0.3, -0.25) is 4.72 Å².